The Balaban J connectivity index is 1.15. The van der Waals surface area contributed by atoms with Gasteiger partial charge in [0.1, 0.15) is 5.58 Å². The molecule has 2 aromatic heterocycles. The number of para-hydroxylation sites is 1. The number of hydrogen-bond donors (Lipinski definition) is 0. The van der Waals surface area contributed by atoms with E-state index in [9.17, 15) is 0 Å². The topological polar surface area (TPSA) is 16.4 Å². The Hall–Kier alpha value is -6.42. The summed E-state index contributed by atoms with van der Waals surface area (Å²) in [5.74, 6) is 0. The maximum absolute atomic E-state index is 7.00. The molecule has 0 N–H and O–H groups in total. The van der Waals surface area contributed by atoms with E-state index in [0.29, 0.717) is 0 Å². The molecule has 0 spiro atoms. The average molecular weight is 670 g/mol. The van der Waals surface area contributed by atoms with E-state index >= 15 is 0 Å². The molecule has 0 aliphatic carbocycles. The highest BCUT2D eigenvalue weighted by Gasteiger charge is 2.22. The van der Waals surface area contributed by atoms with Crippen molar-refractivity contribution in [2.24, 2.45) is 0 Å². The van der Waals surface area contributed by atoms with Gasteiger partial charge in [-0.3, -0.25) is 0 Å². The molecule has 0 unspecified atom stereocenters. The summed E-state index contributed by atoms with van der Waals surface area (Å²) in [6.07, 6.45) is 0. The molecule has 2 heterocycles. The molecule has 10 aromatic rings. The lowest BCUT2D eigenvalue weighted by Gasteiger charge is -2.26. The Morgan fingerprint density at radius 2 is 0.882 bits per heavy atom. The van der Waals surface area contributed by atoms with Gasteiger partial charge in [0, 0.05) is 42.3 Å². The molecule has 10 rings (SSSR count). The van der Waals surface area contributed by atoms with Crippen LogP contribution < -0.4 is 4.90 Å². The van der Waals surface area contributed by atoms with E-state index in [2.05, 4.69) is 193 Å². The van der Waals surface area contributed by atoms with E-state index in [-0.39, 0.29) is 0 Å². The van der Waals surface area contributed by atoms with Gasteiger partial charge in [-0.15, -0.1) is 11.3 Å². The molecule has 0 atom stereocenters. The summed E-state index contributed by atoms with van der Waals surface area (Å²) < 4.78 is 9.52. The maximum Gasteiger partial charge on any atom is 0.159 e. The van der Waals surface area contributed by atoms with Crippen LogP contribution in [0.4, 0.5) is 17.1 Å². The molecule has 51 heavy (non-hydrogen) atoms. The lowest BCUT2D eigenvalue weighted by Crippen LogP contribution is -2.10. The summed E-state index contributed by atoms with van der Waals surface area (Å²) in [5.41, 5.74) is 12.1. The lowest BCUT2D eigenvalue weighted by molar-refractivity contribution is 0.673. The molecule has 0 saturated carbocycles. The lowest BCUT2D eigenvalue weighted by atomic mass is 9.94. The number of hydrogen-bond acceptors (Lipinski definition) is 3. The Labute approximate surface area is 300 Å². The minimum Gasteiger partial charge on any atom is -0.453 e. The summed E-state index contributed by atoms with van der Waals surface area (Å²) in [4.78, 5) is 2.33. The van der Waals surface area contributed by atoms with Crippen LogP contribution >= 0.6 is 11.3 Å². The van der Waals surface area contributed by atoms with Crippen LogP contribution in [0.25, 0.3) is 75.5 Å². The molecule has 0 bridgehead atoms. The average Bonchev–Trinajstić information content (AvgIpc) is 3.78. The van der Waals surface area contributed by atoms with Crippen LogP contribution in [-0.2, 0) is 0 Å². The Morgan fingerprint density at radius 1 is 0.353 bits per heavy atom. The molecule has 0 fully saturated rings. The van der Waals surface area contributed by atoms with Crippen LogP contribution in [0.2, 0.25) is 0 Å². The molecule has 0 aliphatic heterocycles. The fourth-order valence-electron chi connectivity index (χ4n) is 7.48. The number of rotatable bonds is 6. The van der Waals surface area contributed by atoms with Gasteiger partial charge in [-0.05, 0) is 81.9 Å². The van der Waals surface area contributed by atoms with Crippen LogP contribution in [0.3, 0.4) is 0 Å². The van der Waals surface area contributed by atoms with Crippen molar-refractivity contribution < 1.29 is 4.42 Å². The van der Waals surface area contributed by atoms with Gasteiger partial charge in [-0.25, -0.2) is 0 Å². The van der Waals surface area contributed by atoms with E-state index in [1.807, 2.05) is 11.3 Å². The van der Waals surface area contributed by atoms with E-state index in [0.717, 1.165) is 39.0 Å². The van der Waals surface area contributed by atoms with Gasteiger partial charge in [-0.2, -0.15) is 0 Å². The number of benzene rings is 8. The van der Waals surface area contributed by atoms with Crippen molar-refractivity contribution in [1.29, 1.82) is 0 Å². The van der Waals surface area contributed by atoms with Crippen molar-refractivity contribution in [1.82, 2.24) is 0 Å². The van der Waals surface area contributed by atoms with Crippen LogP contribution in [0.1, 0.15) is 0 Å². The number of thiophene rings is 1. The first-order valence-electron chi connectivity index (χ1n) is 17.3. The predicted octanol–water partition coefficient (Wildman–Crippen LogP) is 14.4. The molecule has 0 aliphatic rings. The number of nitrogens with zero attached hydrogens (tertiary/aromatic N) is 1. The third-order valence-electron chi connectivity index (χ3n) is 9.91. The van der Waals surface area contributed by atoms with Crippen molar-refractivity contribution in [3.8, 4) is 33.4 Å². The van der Waals surface area contributed by atoms with Crippen molar-refractivity contribution in [2.75, 3.05) is 4.90 Å². The van der Waals surface area contributed by atoms with Gasteiger partial charge < -0.3 is 9.32 Å². The smallest absolute Gasteiger partial charge is 0.159 e. The highest BCUT2D eigenvalue weighted by atomic mass is 32.1. The van der Waals surface area contributed by atoms with Crippen molar-refractivity contribution >= 4 is 70.5 Å². The Morgan fingerprint density at radius 3 is 1.59 bits per heavy atom. The molecule has 2 nitrogen and oxygen atoms in total. The van der Waals surface area contributed by atoms with Crippen LogP contribution in [-0.4, -0.2) is 0 Å². The summed E-state index contributed by atoms with van der Waals surface area (Å²) >= 11 is 1.82. The Kier molecular flexibility index (Phi) is 7.04. The molecule has 8 aromatic carbocycles. The van der Waals surface area contributed by atoms with Gasteiger partial charge >= 0.3 is 0 Å². The van der Waals surface area contributed by atoms with Crippen molar-refractivity contribution in [2.45, 2.75) is 0 Å². The van der Waals surface area contributed by atoms with E-state index in [1.54, 1.807) is 0 Å². The maximum atomic E-state index is 7.00. The standard InChI is InChI=1S/C48H31NOS/c1-3-12-32(13-4-1)33-22-26-36(27-23-33)49(37-28-24-35(25-29-37)39-17-8-7-16-38(39)34-14-5-2-6-15-34)43-20-11-19-40-41-30-31-45-46(48(41)50-47(40)43)42-18-9-10-21-44(42)51-45/h1-31H. The number of furan rings is 1. The predicted molar refractivity (Wildman–Crippen MR) is 218 cm³/mol. The highest BCUT2D eigenvalue weighted by molar-refractivity contribution is 7.26. The first-order chi connectivity index (χ1) is 25.3. The second kappa shape index (κ2) is 12.2. The Bertz CT molecular complexity index is 2830. The number of fused-ring (bicyclic) bond motifs is 7. The van der Waals surface area contributed by atoms with Crippen molar-refractivity contribution in [3.63, 3.8) is 0 Å². The van der Waals surface area contributed by atoms with Gasteiger partial charge in [0.05, 0.1) is 5.69 Å². The zero-order valence-electron chi connectivity index (χ0n) is 27.7. The minimum absolute atomic E-state index is 0.876. The van der Waals surface area contributed by atoms with Gasteiger partial charge in [0.25, 0.3) is 0 Å². The first-order valence-corrected chi connectivity index (χ1v) is 18.1. The summed E-state index contributed by atoms with van der Waals surface area (Å²) in [6.45, 7) is 0. The summed E-state index contributed by atoms with van der Waals surface area (Å²) in [6, 6.07) is 67.2. The van der Waals surface area contributed by atoms with E-state index < -0.39 is 0 Å². The quantitative estimate of drug-likeness (QED) is 0.175. The number of anilines is 3. The zero-order valence-corrected chi connectivity index (χ0v) is 28.5. The third kappa shape index (κ3) is 5.01. The molecule has 240 valence electrons. The minimum atomic E-state index is 0.876. The van der Waals surface area contributed by atoms with Crippen LogP contribution in [0.15, 0.2) is 192 Å². The van der Waals surface area contributed by atoms with Gasteiger partial charge in [0.15, 0.2) is 5.58 Å². The van der Waals surface area contributed by atoms with Crippen LogP contribution in [0.5, 0.6) is 0 Å². The first kappa shape index (κ1) is 29.5. The molecule has 0 saturated heterocycles. The van der Waals surface area contributed by atoms with Gasteiger partial charge in [0.2, 0.25) is 0 Å². The van der Waals surface area contributed by atoms with E-state index in [1.165, 1.54) is 53.6 Å². The fourth-order valence-corrected chi connectivity index (χ4v) is 8.59. The fraction of sp³-hybridized carbons (Fsp3) is 0. The molecular weight excluding hydrogens is 639 g/mol. The highest BCUT2D eigenvalue weighted by Crippen LogP contribution is 2.46. The molecule has 3 heteroatoms. The summed E-state index contributed by atoms with van der Waals surface area (Å²) in [7, 11) is 0. The molecular formula is C48H31NOS. The SMILES string of the molecule is c1ccc(-c2ccc(N(c3ccc(-c4ccccc4-c4ccccc4)cc3)c3cccc4c3oc3c4ccc4sc5ccccc5c43)cc2)cc1. The van der Waals surface area contributed by atoms with E-state index in [4.69, 9.17) is 4.42 Å². The van der Waals surface area contributed by atoms with Crippen molar-refractivity contribution in [3.05, 3.63) is 188 Å². The normalized spacial score (nSPS) is 11.5. The largest absolute Gasteiger partial charge is 0.453 e. The molecule has 0 radical (unpaired) electrons. The monoisotopic (exact) mass is 669 g/mol. The zero-order chi connectivity index (χ0) is 33.7. The second-order valence-electron chi connectivity index (χ2n) is 12.9. The third-order valence-corrected chi connectivity index (χ3v) is 11.0. The molecule has 0 amide bonds. The van der Waals surface area contributed by atoms with Crippen LogP contribution in [0, 0.1) is 0 Å². The second-order valence-corrected chi connectivity index (χ2v) is 14.0. The summed E-state index contributed by atoms with van der Waals surface area (Å²) in [5, 5.41) is 4.67. The van der Waals surface area contributed by atoms with Gasteiger partial charge in [-0.1, -0.05) is 140 Å².